The van der Waals surface area contributed by atoms with Crippen LogP contribution >= 0.6 is 15.9 Å². The molecule has 0 spiro atoms. The van der Waals surface area contributed by atoms with E-state index in [-0.39, 0.29) is 0 Å². The molecule has 2 aliphatic carbocycles. The number of piperidine rings is 1. The summed E-state index contributed by atoms with van der Waals surface area (Å²) in [5.74, 6) is 0.754. The van der Waals surface area contributed by atoms with E-state index < -0.39 is 0 Å². The van der Waals surface area contributed by atoms with Crippen molar-refractivity contribution in [3.05, 3.63) is 34.3 Å². The molecular weight excluding hydrogens is 324 g/mol. The summed E-state index contributed by atoms with van der Waals surface area (Å²) in [7, 11) is 0. The maximum absolute atomic E-state index is 3.91. The van der Waals surface area contributed by atoms with Crippen molar-refractivity contribution < 1.29 is 0 Å². The molecule has 1 saturated heterocycles. The summed E-state index contributed by atoms with van der Waals surface area (Å²) in [4.78, 5) is 2.71. The molecule has 0 atom stereocenters. The molecule has 2 nitrogen and oxygen atoms in total. The third-order valence-corrected chi connectivity index (χ3v) is 6.27. The van der Waals surface area contributed by atoms with Crippen molar-refractivity contribution >= 4 is 15.9 Å². The van der Waals surface area contributed by atoms with E-state index in [1.807, 2.05) is 0 Å². The van der Waals surface area contributed by atoms with Gasteiger partial charge in [0.1, 0.15) is 0 Å². The average Bonchev–Trinajstić information content (AvgIpc) is 3.29. The first-order valence-corrected chi connectivity index (χ1v) is 9.33. The molecule has 21 heavy (non-hydrogen) atoms. The molecule has 1 heterocycles. The van der Waals surface area contributed by atoms with Gasteiger partial charge in [-0.1, -0.05) is 34.1 Å². The van der Waals surface area contributed by atoms with Gasteiger partial charge in [-0.15, -0.1) is 0 Å². The Morgan fingerprint density at radius 3 is 2.33 bits per heavy atom. The molecular formula is C18H25BrN2. The minimum atomic E-state index is 0.750. The van der Waals surface area contributed by atoms with Gasteiger partial charge >= 0.3 is 0 Å². The number of rotatable bonds is 4. The highest BCUT2D eigenvalue weighted by Gasteiger charge is 2.35. The van der Waals surface area contributed by atoms with Crippen LogP contribution in [0.3, 0.4) is 0 Å². The molecule has 0 amide bonds. The Labute approximate surface area is 136 Å². The normalized spacial score (nSPS) is 31.1. The van der Waals surface area contributed by atoms with Crippen LogP contribution in [0.5, 0.6) is 0 Å². The molecule has 4 rings (SSSR count). The summed E-state index contributed by atoms with van der Waals surface area (Å²) < 4.78 is 1.28. The van der Waals surface area contributed by atoms with Crippen LogP contribution in [0, 0.1) is 0 Å². The highest BCUT2D eigenvalue weighted by atomic mass is 79.9. The predicted octanol–water partition coefficient (Wildman–Crippen LogP) is 3.91. The lowest BCUT2D eigenvalue weighted by atomic mass is 9.75. The van der Waals surface area contributed by atoms with Gasteiger partial charge in [0.05, 0.1) is 0 Å². The summed E-state index contributed by atoms with van der Waals surface area (Å²) >= 11 is 3.69. The van der Waals surface area contributed by atoms with Crippen molar-refractivity contribution in [2.45, 2.75) is 62.6 Å². The number of halogens is 1. The Morgan fingerprint density at radius 1 is 0.952 bits per heavy atom. The van der Waals surface area contributed by atoms with Crippen LogP contribution in [0.4, 0.5) is 0 Å². The molecule has 114 valence electrons. The topological polar surface area (TPSA) is 15.3 Å². The van der Waals surface area contributed by atoms with Crippen LogP contribution in [0.2, 0.25) is 0 Å². The highest BCUT2D eigenvalue weighted by molar-refractivity contribution is 9.10. The Hall–Kier alpha value is -0.380. The van der Waals surface area contributed by atoms with Crippen molar-refractivity contribution in [3.63, 3.8) is 0 Å². The first-order chi connectivity index (χ1) is 10.3. The largest absolute Gasteiger partial charge is 0.311 e. The summed E-state index contributed by atoms with van der Waals surface area (Å²) in [5.41, 5.74) is 1.50. The second-order valence-corrected chi connectivity index (χ2v) is 7.95. The van der Waals surface area contributed by atoms with Crippen LogP contribution in [0.1, 0.15) is 50.0 Å². The molecule has 0 radical (unpaired) electrons. The molecule has 3 fully saturated rings. The van der Waals surface area contributed by atoms with Crippen molar-refractivity contribution in [3.8, 4) is 0 Å². The van der Waals surface area contributed by atoms with Gasteiger partial charge in [0.25, 0.3) is 0 Å². The smallest absolute Gasteiger partial charge is 0.0210 e. The fourth-order valence-corrected chi connectivity index (χ4v) is 4.63. The first kappa shape index (κ1) is 14.2. The van der Waals surface area contributed by atoms with E-state index in [4.69, 9.17) is 0 Å². The summed E-state index contributed by atoms with van der Waals surface area (Å²) in [6.07, 6.45) is 8.24. The molecule has 1 aromatic rings. The van der Waals surface area contributed by atoms with Gasteiger partial charge in [0, 0.05) is 22.6 Å². The van der Waals surface area contributed by atoms with Crippen molar-refractivity contribution in [1.82, 2.24) is 10.2 Å². The molecule has 3 heteroatoms. The first-order valence-electron chi connectivity index (χ1n) is 8.54. The Bertz CT molecular complexity index is 486. The minimum Gasteiger partial charge on any atom is -0.311 e. The third kappa shape index (κ3) is 3.20. The zero-order chi connectivity index (χ0) is 14.2. The van der Waals surface area contributed by atoms with E-state index in [9.17, 15) is 0 Å². The van der Waals surface area contributed by atoms with Gasteiger partial charge in [0.2, 0.25) is 0 Å². The lowest BCUT2D eigenvalue weighted by molar-refractivity contribution is 0.165. The number of nitrogens with one attached hydrogen (secondary N) is 1. The van der Waals surface area contributed by atoms with Gasteiger partial charge in [0.15, 0.2) is 0 Å². The molecule has 1 aliphatic heterocycles. The van der Waals surface area contributed by atoms with Crippen LogP contribution in [-0.2, 0) is 0 Å². The van der Waals surface area contributed by atoms with E-state index in [0.717, 1.165) is 24.0 Å². The van der Waals surface area contributed by atoms with Gasteiger partial charge in [-0.2, -0.15) is 0 Å². The zero-order valence-corrected chi connectivity index (χ0v) is 14.2. The van der Waals surface area contributed by atoms with Crippen LogP contribution in [0.25, 0.3) is 0 Å². The highest BCUT2D eigenvalue weighted by Crippen LogP contribution is 2.40. The van der Waals surface area contributed by atoms with Crippen molar-refractivity contribution in [2.24, 2.45) is 0 Å². The molecule has 0 bridgehead atoms. The van der Waals surface area contributed by atoms with E-state index >= 15 is 0 Å². The number of hydrogen-bond acceptors (Lipinski definition) is 2. The summed E-state index contributed by atoms with van der Waals surface area (Å²) in [5, 5.41) is 3.91. The fourth-order valence-electron chi connectivity index (χ4n) is 4.02. The standard InChI is InChI=1S/C18H25BrN2/c19-18-4-2-1-3-17(18)13-11-15(12-13)20-14-7-9-21(10-8-14)16-5-6-16/h1-4,13-16,20H,5-12H2. The van der Waals surface area contributed by atoms with Crippen molar-refractivity contribution in [2.75, 3.05) is 13.1 Å². The number of benzene rings is 1. The van der Waals surface area contributed by atoms with Gasteiger partial charge in [-0.3, -0.25) is 0 Å². The van der Waals surface area contributed by atoms with Gasteiger partial charge < -0.3 is 10.2 Å². The van der Waals surface area contributed by atoms with E-state index in [2.05, 4.69) is 50.4 Å². The Kier molecular flexibility index (Phi) is 4.08. The van der Waals surface area contributed by atoms with Crippen LogP contribution in [-0.4, -0.2) is 36.1 Å². The Morgan fingerprint density at radius 2 is 1.67 bits per heavy atom. The van der Waals surface area contributed by atoms with Crippen molar-refractivity contribution in [1.29, 1.82) is 0 Å². The molecule has 1 N–H and O–H groups in total. The maximum Gasteiger partial charge on any atom is 0.0210 e. The van der Waals surface area contributed by atoms with Gasteiger partial charge in [-0.25, -0.2) is 0 Å². The second-order valence-electron chi connectivity index (χ2n) is 7.09. The predicted molar refractivity (Wildman–Crippen MR) is 90.7 cm³/mol. The maximum atomic E-state index is 3.91. The number of likely N-dealkylation sites (tertiary alicyclic amines) is 1. The van der Waals surface area contributed by atoms with E-state index in [1.165, 1.54) is 61.7 Å². The SMILES string of the molecule is Brc1ccccc1C1CC(NC2CCN(C3CC3)CC2)C1. The van der Waals surface area contributed by atoms with E-state index in [0.29, 0.717) is 0 Å². The fraction of sp³-hybridized carbons (Fsp3) is 0.667. The molecule has 0 unspecified atom stereocenters. The Balaban J connectivity index is 1.23. The lowest BCUT2D eigenvalue weighted by Gasteiger charge is -2.41. The average molecular weight is 349 g/mol. The zero-order valence-electron chi connectivity index (χ0n) is 12.6. The molecule has 1 aromatic carbocycles. The van der Waals surface area contributed by atoms with Crippen LogP contribution in [0.15, 0.2) is 28.7 Å². The molecule has 0 aromatic heterocycles. The number of hydrogen-bond donors (Lipinski definition) is 1. The summed E-state index contributed by atoms with van der Waals surface area (Å²) in [6.45, 7) is 2.64. The van der Waals surface area contributed by atoms with Crippen LogP contribution < -0.4 is 5.32 Å². The lowest BCUT2D eigenvalue weighted by Crippen LogP contribution is -2.50. The number of nitrogens with zero attached hydrogens (tertiary/aromatic N) is 1. The second kappa shape index (κ2) is 6.02. The minimum absolute atomic E-state index is 0.750. The quantitative estimate of drug-likeness (QED) is 0.887. The summed E-state index contributed by atoms with van der Waals surface area (Å²) in [6, 6.07) is 11.2. The van der Waals surface area contributed by atoms with Gasteiger partial charge in [-0.05, 0) is 69.2 Å². The monoisotopic (exact) mass is 348 g/mol. The third-order valence-electron chi connectivity index (χ3n) is 5.55. The van der Waals surface area contributed by atoms with E-state index in [1.54, 1.807) is 0 Å². The molecule has 2 saturated carbocycles. The molecule has 3 aliphatic rings.